The van der Waals surface area contributed by atoms with Gasteiger partial charge in [0.05, 0.1) is 17.6 Å². The highest BCUT2D eigenvalue weighted by Gasteiger charge is 2.21. The SMILES string of the molecule is CCN(C=O)Cc1nc2c(N)nc3cc(Br)ccc3c2n1CCCC(=O)N1CCN(C)CC1. The zero-order valence-corrected chi connectivity index (χ0v) is 20.7. The smallest absolute Gasteiger partial charge is 0.222 e. The number of likely N-dealkylation sites (N-methyl/N-ethyl adjacent to an activating group) is 1. The number of carbonyl (C=O) groups excluding carboxylic acids is 2. The first kappa shape index (κ1) is 23.4. The van der Waals surface area contributed by atoms with E-state index in [4.69, 9.17) is 10.7 Å². The second-order valence-corrected chi connectivity index (χ2v) is 9.41. The van der Waals surface area contributed by atoms with Crippen molar-refractivity contribution < 1.29 is 9.59 Å². The van der Waals surface area contributed by atoms with Gasteiger partial charge in [-0.2, -0.15) is 0 Å². The third-order valence-corrected chi connectivity index (χ3v) is 6.77. The maximum atomic E-state index is 12.7. The molecule has 0 atom stereocenters. The highest BCUT2D eigenvalue weighted by atomic mass is 79.9. The predicted molar refractivity (Wildman–Crippen MR) is 133 cm³/mol. The fourth-order valence-electron chi connectivity index (χ4n) is 4.30. The van der Waals surface area contributed by atoms with E-state index in [1.54, 1.807) is 4.90 Å². The first-order valence-corrected chi connectivity index (χ1v) is 12.1. The summed E-state index contributed by atoms with van der Waals surface area (Å²) in [7, 11) is 2.08. The molecule has 33 heavy (non-hydrogen) atoms. The molecule has 0 bridgehead atoms. The van der Waals surface area contributed by atoms with Crippen LogP contribution in [0.25, 0.3) is 21.9 Å². The molecule has 0 aliphatic carbocycles. The van der Waals surface area contributed by atoms with E-state index in [9.17, 15) is 9.59 Å². The number of aromatic nitrogens is 3. The molecule has 0 saturated carbocycles. The summed E-state index contributed by atoms with van der Waals surface area (Å²) in [5.74, 6) is 1.29. The van der Waals surface area contributed by atoms with Gasteiger partial charge >= 0.3 is 0 Å². The van der Waals surface area contributed by atoms with Crippen LogP contribution in [-0.4, -0.2) is 81.3 Å². The topological polar surface area (TPSA) is 101 Å². The first-order valence-electron chi connectivity index (χ1n) is 11.3. The molecule has 1 fully saturated rings. The summed E-state index contributed by atoms with van der Waals surface area (Å²) in [4.78, 5) is 39.4. The molecule has 3 heterocycles. The van der Waals surface area contributed by atoms with Crippen LogP contribution in [0.3, 0.4) is 0 Å². The standard InChI is InChI=1S/C23H30BrN7O2/c1-3-29(15-32)14-19-27-21-22(17-7-6-16(24)13-18(17)26-23(21)25)31(19)8-4-5-20(33)30-11-9-28(2)10-12-30/h6-7,13,15H,3-5,8-12,14H2,1-2H3,(H2,25,26). The van der Waals surface area contributed by atoms with Gasteiger partial charge in [0.15, 0.2) is 5.82 Å². The average Bonchev–Trinajstić information content (AvgIpc) is 3.16. The molecule has 10 heteroatoms. The van der Waals surface area contributed by atoms with Crippen molar-refractivity contribution in [1.82, 2.24) is 29.2 Å². The maximum absolute atomic E-state index is 12.7. The van der Waals surface area contributed by atoms with Crippen molar-refractivity contribution in [2.24, 2.45) is 0 Å². The van der Waals surface area contributed by atoms with Crippen molar-refractivity contribution >= 4 is 56.0 Å². The largest absolute Gasteiger partial charge is 0.382 e. The van der Waals surface area contributed by atoms with Crippen molar-refractivity contribution in [3.8, 4) is 0 Å². The van der Waals surface area contributed by atoms with E-state index in [-0.39, 0.29) is 5.91 Å². The Morgan fingerprint density at radius 3 is 2.70 bits per heavy atom. The summed E-state index contributed by atoms with van der Waals surface area (Å²) in [5, 5.41) is 0.945. The van der Waals surface area contributed by atoms with E-state index in [0.717, 1.165) is 59.3 Å². The Labute approximate surface area is 201 Å². The lowest BCUT2D eigenvalue weighted by molar-refractivity contribution is -0.132. The van der Waals surface area contributed by atoms with Gasteiger partial charge < -0.3 is 25.0 Å². The van der Waals surface area contributed by atoms with Crippen molar-refractivity contribution in [2.75, 3.05) is 45.5 Å². The number of hydrogen-bond acceptors (Lipinski definition) is 6. The van der Waals surface area contributed by atoms with Gasteiger partial charge in [0, 0.05) is 55.5 Å². The first-order chi connectivity index (χ1) is 15.9. The van der Waals surface area contributed by atoms with Crippen molar-refractivity contribution in [1.29, 1.82) is 0 Å². The van der Waals surface area contributed by atoms with Crippen molar-refractivity contribution in [3.63, 3.8) is 0 Å². The number of imidazole rings is 1. The summed E-state index contributed by atoms with van der Waals surface area (Å²) in [6.45, 7) is 6.87. The van der Waals surface area contributed by atoms with E-state index in [2.05, 4.69) is 37.4 Å². The number of rotatable bonds is 8. The van der Waals surface area contributed by atoms with Crippen LogP contribution in [0.5, 0.6) is 0 Å². The van der Waals surface area contributed by atoms with Crippen LogP contribution in [0.15, 0.2) is 22.7 Å². The number of hydrogen-bond donors (Lipinski definition) is 1. The summed E-state index contributed by atoms with van der Waals surface area (Å²) in [5.41, 5.74) is 8.59. The normalized spacial score (nSPS) is 14.8. The van der Waals surface area contributed by atoms with E-state index in [0.29, 0.717) is 43.8 Å². The minimum absolute atomic E-state index is 0.187. The molecule has 0 radical (unpaired) electrons. The van der Waals surface area contributed by atoms with Crippen LogP contribution in [0.1, 0.15) is 25.6 Å². The van der Waals surface area contributed by atoms with Gasteiger partial charge in [-0.25, -0.2) is 9.97 Å². The van der Waals surface area contributed by atoms with Gasteiger partial charge in [-0.05, 0) is 38.6 Å². The Balaban J connectivity index is 1.65. The van der Waals surface area contributed by atoms with E-state index in [1.165, 1.54) is 0 Å². The Morgan fingerprint density at radius 2 is 2.00 bits per heavy atom. The van der Waals surface area contributed by atoms with Gasteiger partial charge in [0.1, 0.15) is 11.3 Å². The van der Waals surface area contributed by atoms with Crippen LogP contribution in [-0.2, 0) is 22.7 Å². The Bertz CT molecular complexity index is 1170. The molecule has 2 amide bonds. The predicted octanol–water partition coefficient (Wildman–Crippen LogP) is 2.46. The lowest BCUT2D eigenvalue weighted by atomic mass is 10.1. The summed E-state index contributed by atoms with van der Waals surface area (Å²) < 4.78 is 3.02. The molecule has 9 nitrogen and oxygen atoms in total. The zero-order valence-electron chi connectivity index (χ0n) is 19.1. The number of anilines is 1. The van der Waals surface area contributed by atoms with Crippen molar-refractivity contribution in [3.05, 3.63) is 28.5 Å². The molecule has 1 aliphatic rings. The second-order valence-electron chi connectivity index (χ2n) is 8.49. The zero-order chi connectivity index (χ0) is 23.5. The lowest BCUT2D eigenvalue weighted by Gasteiger charge is -2.32. The van der Waals surface area contributed by atoms with Crippen LogP contribution >= 0.6 is 15.9 Å². The molecule has 3 aromatic rings. The number of nitrogens with zero attached hydrogens (tertiary/aromatic N) is 6. The number of nitrogen functional groups attached to an aromatic ring is 1. The van der Waals surface area contributed by atoms with E-state index < -0.39 is 0 Å². The number of pyridine rings is 1. The summed E-state index contributed by atoms with van der Waals surface area (Å²) in [6, 6.07) is 5.91. The molecular weight excluding hydrogens is 486 g/mol. The molecule has 2 N–H and O–H groups in total. The molecule has 0 unspecified atom stereocenters. The van der Waals surface area contributed by atoms with Gasteiger partial charge in [0.25, 0.3) is 0 Å². The maximum Gasteiger partial charge on any atom is 0.222 e. The average molecular weight is 516 g/mol. The minimum Gasteiger partial charge on any atom is -0.382 e. The van der Waals surface area contributed by atoms with Crippen LogP contribution in [0, 0.1) is 0 Å². The third-order valence-electron chi connectivity index (χ3n) is 6.27. The number of benzene rings is 1. The van der Waals surface area contributed by atoms with Gasteiger partial charge in [-0.3, -0.25) is 9.59 Å². The van der Waals surface area contributed by atoms with Crippen molar-refractivity contribution in [2.45, 2.75) is 32.9 Å². The monoisotopic (exact) mass is 515 g/mol. The van der Waals surface area contributed by atoms with Gasteiger partial charge in [-0.15, -0.1) is 0 Å². The summed E-state index contributed by atoms with van der Waals surface area (Å²) >= 11 is 3.50. The number of piperazine rings is 1. The number of amides is 2. The molecule has 4 rings (SSSR count). The number of fused-ring (bicyclic) bond motifs is 3. The Hall–Kier alpha value is -2.72. The van der Waals surface area contributed by atoms with Crippen LogP contribution < -0.4 is 5.73 Å². The minimum atomic E-state index is 0.187. The number of halogens is 1. The highest BCUT2D eigenvalue weighted by molar-refractivity contribution is 9.10. The van der Waals surface area contributed by atoms with Gasteiger partial charge in [0.2, 0.25) is 12.3 Å². The van der Waals surface area contributed by atoms with E-state index >= 15 is 0 Å². The quantitative estimate of drug-likeness (QED) is 0.462. The number of nitrogens with two attached hydrogens (primary N) is 1. The Kier molecular flexibility index (Phi) is 7.14. The third kappa shape index (κ3) is 4.96. The second kappa shape index (κ2) is 10.0. The molecule has 2 aromatic heterocycles. The number of carbonyl (C=O) groups is 2. The molecular formula is C23H30BrN7O2. The summed E-state index contributed by atoms with van der Waals surface area (Å²) in [6.07, 6.45) is 1.98. The lowest BCUT2D eigenvalue weighted by Crippen LogP contribution is -2.47. The van der Waals surface area contributed by atoms with Crippen LogP contribution in [0.2, 0.25) is 0 Å². The molecule has 176 valence electrons. The molecule has 1 aromatic carbocycles. The molecule has 1 saturated heterocycles. The number of aryl methyl sites for hydroxylation is 1. The van der Waals surface area contributed by atoms with E-state index in [1.807, 2.05) is 30.0 Å². The molecule has 0 spiro atoms. The fraction of sp³-hybridized carbons (Fsp3) is 0.478. The Morgan fingerprint density at radius 1 is 1.24 bits per heavy atom. The van der Waals surface area contributed by atoms with Gasteiger partial charge in [-0.1, -0.05) is 15.9 Å². The highest BCUT2D eigenvalue weighted by Crippen LogP contribution is 2.31. The van der Waals surface area contributed by atoms with Crippen LogP contribution in [0.4, 0.5) is 5.82 Å². The fourth-order valence-corrected chi connectivity index (χ4v) is 4.65. The molecule has 1 aliphatic heterocycles.